The van der Waals surface area contributed by atoms with Gasteiger partial charge in [0.25, 0.3) is 0 Å². The van der Waals surface area contributed by atoms with Gasteiger partial charge in [-0.2, -0.15) is 0 Å². The van der Waals surface area contributed by atoms with Crippen LogP contribution in [0, 0.1) is 22.2 Å². The van der Waals surface area contributed by atoms with Crippen molar-refractivity contribution in [2.24, 2.45) is 22.5 Å². The molecule has 0 aliphatic carbocycles. The average molecular weight is 267 g/mol. The zero-order valence-corrected chi connectivity index (χ0v) is 13.6. The summed E-state index contributed by atoms with van der Waals surface area (Å²) >= 11 is 0. The smallest absolute Gasteiger partial charge is 0.0963 e. The molecule has 1 fully saturated rings. The van der Waals surface area contributed by atoms with E-state index in [0.29, 0.717) is 11.3 Å². The first kappa shape index (κ1) is 16.5. The van der Waals surface area contributed by atoms with Crippen LogP contribution in [0.4, 0.5) is 0 Å². The molecule has 1 saturated heterocycles. The van der Waals surface area contributed by atoms with Gasteiger partial charge in [0.1, 0.15) is 0 Å². The van der Waals surface area contributed by atoms with E-state index in [1.54, 1.807) is 0 Å². The molecule has 3 N–H and O–H groups in total. The summed E-state index contributed by atoms with van der Waals surface area (Å²) in [6.45, 7) is 14.9. The van der Waals surface area contributed by atoms with Crippen molar-refractivity contribution in [2.45, 2.75) is 60.3 Å². The normalized spacial score (nSPS) is 21.8. The number of rotatable bonds is 6. The molecule has 1 aliphatic heterocycles. The Kier molecular flexibility index (Phi) is 5.43. The Hall–Kier alpha value is -0.570. The van der Waals surface area contributed by atoms with Gasteiger partial charge >= 0.3 is 0 Å². The number of likely N-dealkylation sites (tertiary alicyclic amines) is 1. The van der Waals surface area contributed by atoms with E-state index in [2.05, 4.69) is 39.5 Å². The maximum Gasteiger partial charge on any atom is 0.0963 e. The van der Waals surface area contributed by atoms with Crippen LogP contribution in [0.5, 0.6) is 0 Å². The summed E-state index contributed by atoms with van der Waals surface area (Å²) in [4.78, 5) is 2.61. The molecule has 1 heterocycles. The fourth-order valence-corrected chi connectivity index (χ4v) is 2.78. The van der Waals surface area contributed by atoms with E-state index in [1.165, 1.54) is 38.9 Å². The Labute approximate surface area is 119 Å². The lowest BCUT2D eigenvalue weighted by atomic mass is 9.80. The van der Waals surface area contributed by atoms with Crippen molar-refractivity contribution in [2.75, 3.05) is 19.6 Å². The lowest BCUT2D eigenvalue weighted by molar-refractivity contribution is 0.226. The van der Waals surface area contributed by atoms with Crippen molar-refractivity contribution in [3.05, 3.63) is 0 Å². The quantitative estimate of drug-likeness (QED) is 0.440. The van der Waals surface area contributed by atoms with Gasteiger partial charge in [0, 0.05) is 12.0 Å². The van der Waals surface area contributed by atoms with Gasteiger partial charge in [0.05, 0.1) is 5.84 Å². The van der Waals surface area contributed by atoms with Gasteiger partial charge in [0.15, 0.2) is 0 Å². The first-order valence-electron chi connectivity index (χ1n) is 7.70. The predicted octanol–water partition coefficient (Wildman–Crippen LogP) is 3.49. The van der Waals surface area contributed by atoms with Gasteiger partial charge in [0.2, 0.25) is 0 Å². The summed E-state index contributed by atoms with van der Waals surface area (Å²) in [6.07, 6.45) is 4.78. The summed E-state index contributed by atoms with van der Waals surface area (Å²) in [5, 5.41) is 7.56. The predicted molar refractivity (Wildman–Crippen MR) is 83.5 cm³/mol. The van der Waals surface area contributed by atoms with Gasteiger partial charge in [-0.1, -0.05) is 41.0 Å². The second-order valence-corrected chi connectivity index (χ2v) is 7.91. The van der Waals surface area contributed by atoms with Gasteiger partial charge in [-0.3, -0.25) is 5.41 Å². The number of amidine groups is 1. The van der Waals surface area contributed by atoms with Gasteiger partial charge in [-0.15, -0.1) is 0 Å². The number of nitrogens with two attached hydrogens (primary N) is 1. The van der Waals surface area contributed by atoms with Crippen molar-refractivity contribution in [1.29, 1.82) is 5.41 Å². The molecule has 3 nitrogen and oxygen atoms in total. The van der Waals surface area contributed by atoms with E-state index in [9.17, 15) is 0 Å². The third-order valence-corrected chi connectivity index (χ3v) is 4.75. The van der Waals surface area contributed by atoms with Crippen molar-refractivity contribution in [3.8, 4) is 0 Å². The van der Waals surface area contributed by atoms with Crippen LogP contribution >= 0.6 is 0 Å². The topological polar surface area (TPSA) is 53.1 Å². The second kappa shape index (κ2) is 6.25. The van der Waals surface area contributed by atoms with Gasteiger partial charge in [-0.25, -0.2) is 0 Å². The van der Waals surface area contributed by atoms with Crippen molar-refractivity contribution < 1.29 is 0 Å². The first-order chi connectivity index (χ1) is 8.63. The van der Waals surface area contributed by atoms with Crippen molar-refractivity contribution in [1.82, 2.24) is 4.90 Å². The molecule has 112 valence electrons. The van der Waals surface area contributed by atoms with Crippen LogP contribution in [0.3, 0.4) is 0 Å². The maximum atomic E-state index is 7.56. The lowest BCUT2D eigenvalue weighted by Crippen LogP contribution is -2.31. The molecule has 0 bridgehead atoms. The van der Waals surface area contributed by atoms with Crippen molar-refractivity contribution >= 4 is 5.84 Å². The highest BCUT2D eigenvalue weighted by molar-refractivity contribution is 5.82. The molecular formula is C16H33N3. The second-order valence-electron chi connectivity index (χ2n) is 7.91. The minimum Gasteiger partial charge on any atom is -0.387 e. The monoisotopic (exact) mass is 267 g/mol. The molecule has 0 saturated carbocycles. The van der Waals surface area contributed by atoms with Crippen molar-refractivity contribution in [3.63, 3.8) is 0 Å². The van der Waals surface area contributed by atoms with Crippen LogP contribution < -0.4 is 5.73 Å². The minimum atomic E-state index is -0.126. The van der Waals surface area contributed by atoms with Gasteiger partial charge < -0.3 is 10.6 Å². The molecule has 19 heavy (non-hydrogen) atoms. The Balaban J connectivity index is 2.20. The summed E-state index contributed by atoms with van der Waals surface area (Å²) in [5.41, 5.74) is 5.94. The number of nitrogens with one attached hydrogen (secondary N) is 1. The van der Waals surface area contributed by atoms with Crippen LogP contribution in [0.2, 0.25) is 0 Å². The first-order valence-corrected chi connectivity index (χ1v) is 7.70. The molecule has 0 spiro atoms. The van der Waals surface area contributed by atoms with Crippen LogP contribution in [0.25, 0.3) is 0 Å². The molecule has 0 radical (unpaired) electrons. The zero-order chi connectivity index (χ0) is 14.7. The highest BCUT2D eigenvalue weighted by Crippen LogP contribution is 2.33. The number of nitrogens with zero attached hydrogens (tertiary/aromatic N) is 1. The minimum absolute atomic E-state index is 0.126. The molecule has 3 heteroatoms. The molecule has 1 unspecified atom stereocenters. The molecule has 0 amide bonds. The van der Waals surface area contributed by atoms with Crippen LogP contribution in [-0.2, 0) is 0 Å². The largest absolute Gasteiger partial charge is 0.387 e. The van der Waals surface area contributed by atoms with E-state index in [1.807, 2.05) is 0 Å². The Morgan fingerprint density at radius 2 is 1.84 bits per heavy atom. The third kappa shape index (κ3) is 5.13. The fraction of sp³-hybridized carbons (Fsp3) is 0.938. The highest BCUT2D eigenvalue weighted by atomic mass is 15.1. The summed E-state index contributed by atoms with van der Waals surface area (Å²) < 4.78 is 0. The Bertz CT molecular complexity index is 302. The Morgan fingerprint density at radius 1 is 1.21 bits per heavy atom. The molecule has 0 aromatic carbocycles. The maximum absolute atomic E-state index is 7.56. The van der Waals surface area contributed by atoms with E-state index < -0.39 is 0 Å². The number of unbranched alkanes of at least 4 members (excludes halogenated alkanes) is 1. The molecular weight excluding hydrogens is 234 g/mol. The molecule has 1 aliphatic rings. The number of hydrogen-bond acceptors (Lipinski definition) is 2. The number of hydrogen-bond donors (Lipinski definition) is 2. The standard InChI is InChI=1S/C16H33N3/c1-15(2,3)13-8-11-19(12-13)10-7-6-9-16(4,5)14(17)18/h13H,6-12H2,1-5H3,(H3,17,18). The highest BCUT2D eigenvalue weighted by Gasteiger charge is 2.31. The summed E-state index contributed by atoms with van der Waals surface area (Å²) in [6, 6.07) is 0. The molecule has 1 rings (SSSR count). The van der Waals surface area contributed by atoms with E-state index in [4.69, 9.17) is 11.1 Å². The molecule has 0 aromatic heterocycles. The lowest BCUT2D eigenvalue weighted by Gasteiger charge is -2.27. The summed E-state index contributed by atoms with van der Waals surface area (Å²) in [7, 11) is 0. The molecule has 1 atom stereocenters. The van der Waals surface area contributed by atoms with E-state index in [-0.39, 0.29) is 5.41 Å². The Morgan fingerprint density at radius 3 is 2.32 bits per heavy atom. The van der Waals surface area contributed by atoms with Crippen LogP contribution in [-0.4, -0.2) is 30.4 Å². The van der Waals surface area contributed by atoms with E-state index in [0.717, 1.165) is 12.3 Å². The van der Waals surface area contributed by atoms with E-state index >= 15 is 0 Å². The zero-order valence-electron chi connectivity index (χ0n) is 13.6. The van der Waals surface area contributed by atoms with Crippen LogP contribution in [0.1, 0.15) is 60.3 Å². The third-order valence-electron chi connectivity index (χ3n) is 4.75. The SMILES string of the molecule is CC(C)(CCCCN1CCC(C(C)(C)C)C1)C(=N)N. The van der Waals surface area contributed by atoms with Crippen LogP contribution in [0.15, 0.2) is 0 Å². The summed E-state index contributed by atoms with van der Waals surface area (Å²) in [5.74, 6) is 1.17. The average Bonchev–Trinajstić information content (AvgIpc) is 2.72. The fourth-order valence-electron chi connectivity index (χ4n) is 2.78. The van der Waals surface area contributed by atoms with Gasteiger partial charge in [-0.05, 0) is 43.7 Å². The molecule has 0 aromatic rings.